The second-order valence-corrected chi connectivity index (χ2v) is 7.98. The number of fused-ring (bicyclic) bond motifs is 1. The molecule has 6 heteroatoms. The number of rotatable bonds is 6. The van der Waals surface area contributed by atoms with E-state index in [1.165, 1.54) is 11.1 Å². The summed E-state index contributed by atoms with van der Waals surface area (Å²) in [6, 6.07) is 18.0. The SMILES string of the molecule is CCC1=C(Cc2ccccc2)NC(C(=O)NCC2CCc3ccccc3NC2=O)=NC1. The quantitative estimate of drug-likeness (QED) is 0.676. The lowest BCUT2D eigenvalue weighted by atomic mass is 10.0. The number of allylic oxidation sites excluding steroid dienone is 1. The Morgan fingerprint density at radius 2 is 1.87 bits per heavy atom. The van der Waals surface area contributed by atoms with Gasteiger partial charge in [-0.2, -0.15) is 0 Å². The highest BCUT2D eigenvalue weighted by molar-refractivity contribution is 6.38. The summed E-state index contributed by atoms with van der Waals surface area (Å²) in [4.78, 5) is 29.8. The number of aryl methyl sites for hydroxylation is 1. The van der Waals surface area contributed by atoms with E-state index in [1.54, 1.807) is 0 Å². The molecule has 2 amide bonds. The van der Waals surface area contributed by atoms with Crippen molar-refractivity contribution in [2.24, 2.45) is 10.9 Å². The number of nitrogens with zero attached hydrogens (tertiary/aromatic N) is 1. The molecule has 2 aliphatic heterocycles. The maximum atomic E-state index is 12.8. The maximum absolute atomic E-state index is 12.8. The third-order valence-electron chi connectivity index (χ3n) is 5.91. The highest BCUT2D eigenvalue weighted by atomic mass is 16.2. The van der Waals surface area contributed by atoms with Gasteiger partial charge in [0.05, 0.1) is 12.5 Å². The Kier molecular flexibility index (Phi) is 6.46. The lowest BCUT2D eigenvalue weighted by molar-refractivity contribution is -0.120. The molecule has 31 heavy (non-hydrogen) atoms. The van der Waals surface area contributed by atoms with Crippen LogP contribution in [0.4, 0.5) is 5.69 Å². The van der Waals surface area contributed by atoms with Gasteiger partial charge >= 0.3 is 0 Å². The van der Waals surface area contributed by atoms with Crippen LogP contribution in [0.25, 0.3) is 0 Å². The van der Waals surface area contributed by atoms with Gasteiger partial charge < -0.3 is 16.0 Å². The molecule has 0 fully saturated rings. The Morgan fingerprint density at radius 1 is 1.10 bits per heavy atom. The van der Waals surface area contributed by atoms with Gasteiger partial charge in [0, 0.05) is 24.4 Å². The summed E-state index contributed by atoms with van der Waals surface area (Å²) in [5.41, 5.74) is 5.43. The van der Waals surface area contributed by atoms with Crippen molar-refractivity contribution in [2.45, 2.75) is 32.6 Å². The van der Waals surface area contributed by atoms with E-state index in [4.69, 9.17) is 0 Å². The average molecular weight is 417 g/mol. The minimum absolute atomic E-state index is 0.0540. The average Bonchev–Trinajstić information content (AvgIpc) is 2.96. The first-order valence-electron chi connectivity index (χ1n) is 10.9. The predicted molar refractivity (Wildman–Crippen MR) is 123 cm³/mol. The van der Waals surface area contributed by atoms with E-state index in [0.717, 1.165) is 36.2 Å². The van der Waals surface area contributed by atoms with Gasteiger partial charge in [-0.15, -0.1) is 0 Å². The third-order valence-corrected chi connectivity index (χ3v) is 5.91. The van der Waals surface area contributed by atoms with Gasteiger partial charge in [0.15, 0.2) is 5.84 Å². The normalized spacial score (nSPS) is 18.3. The fraction of sp³-hybridized carbons (Fsp3) is 0.320. The van der Waals surface area contributed by atoms with E-state index in [1.807, 2.05) is 42.5 Å². The summed E-state index contributed by atoms with van der Waals surface area (Å²) in [6.07, 6.45) is 3.12. The number of amides is 2. The molecule has 0 saturated heterocycles. The molecule has 0 radical (unpaired) electrons. The number of amidine groups is 1. The highest BCUT2D eigenvalue weighted by Crippen LogP contribution is 2.24. The van der Waals surface area contributed by atoms with E-state index >= 15 is 0 Å². The van der Waals surface area contributed by atoms with Crippen molar-refractivity contribution in [1.29, 1.82) is 0 Å². The standard InChI is InChI=1S/C25H28N4O2/c1-2-18-15-26-23(28-22(18)14-17-8-4-3-5-9-17)25(31)27-16-20-13-12-19-10-6-7-11-21(19)29-24(20)30/h3-11,20H,2,12-16H2,1H3,(H,26,28)(H,27,31)(H,29,30). The molecule has 0 bridgehead atoms. The molecule has 0 aromatic heterocycles. The first-order valence-corrected chi connectivity index (χ1v) is 10.9. The number of hydrogen-bond acceptors (Lipinski definition) is 4. The van der Waals surface area contributed by atoms with Crippen LogP contribution in [-0.2, 0) is 22.4 Å². The van der Waals surface area contributed by atoms with Crippen LogP contribution >= 0.6 is 0 Å². The summed E-state index contributed by atoms with van der Waals surface area (Å²) in [7, 11) is 0. The lowest BCUT2D eigenvalue weighted by Crippen LogP contribution is -2.45. The van der Waals surface area contributed by atoms with E-state index in [0.29, 0.717) is 18.8 Å². The molecule has 1 atom stereocenters. The molecule has 160 valence electrons. The number of para-hydroxylation sites is 1. The number of carbonyl (C=O) groups excluding carboxylic acids is 2. The topological polar surface area (TPSA) is 82.6 Å². The van der Waals surface area contributed by atoms with Gasteiger partial charge in [0.2, 0.25) is 5.91 Å². The van der Waals surface area contributed by atoms with Gasteiger partial charge in [-0.1, -0.05) is 55.5 Å². The molecule has 2 aromatic carbocycles. The van der Waals surface area contributed by atoms with Crippen molar-refractivity contribution < 1.29 is 9.59 Å². The van der Waals surface area contributed by atoms with Crippen LogP contribution in [0.3, 0.4) is 0 Å². The maximum Gasteiger partial charge on any atom is 0.286 e. The van der Waals surface area contributed by atoms with Crippen LogP contribution < -0.4 is 16.0 Å². The molecule has 2 aliphatic rings. The first kappa shape index (κ1) is 20.8. The van der Waals surface area contributed by atoms with Crippen molar-refractivity contribution in [2.75, 3.05) is 18.4 Å². The van der Waals surface area contributed by atoms with E-state index in [-0.39, 0.29) is 24.3 Å². The predicted octanol–water partition coefficient (Wildman–Crippen LogP) is 3.21. The van der Waals surface area contributed by atoms with Crippen LogP contribution in [0.5, 0.6) is 0 Å². The fourth-order valence-electron chi connectivity index (χ4n) is 4.01. The third kappa shape index (κ3) is 5.02. The van der Waals surface area contributed by atoms with Gasteiger partial charge in [-0.05, 0) is 42.0 Å². The van der Waals surface area contributed by atoms with Gasteiger partial charge in [-0.3, -0.25) is 14.6 Å². The number of benzene rings is 2. The fourth-order valence-corrected chi connectivity index (χ4v) is 4.01. The second-order valence-electron chi connectivity index (χ2n) is 7.98. The molecule has 0 saturated carbocycles. The zero-order chi connectivity index (χ0) is 21.6. The molecule has 3 N–H and O–H groups in total. The molecule has 1 unspecified atom stereocenters. The van der Waals surface area contributed by atoms with Gasteiger partial charge in [0.25, 0.3) is 5.91 Å². The van der Waals surface area contributed by atoms with Crippen molar-refractivity contribution >= 4 is 23.3 Å². The van der Waals surface area contributed by atoms with Crippen LogP contribution in [0.1, 0.15) is 30.9 Å². The summed E-state index contributed by atoms with van der Waals surface area (Å²) in [5.74, 6) is -0.275. The molecule has 2 heterocycles. The van der Waals surface area contributed by atoms with Crippen molar-refractivity contribution in [1.82, 2.24) is 10.6 Å². The molecule has 6 nitrogen and oxygen atoms in total. The Hall–Kier alpha value is -3.41. The van der Waals surface area contributed by atoms with E-state index in [9.17, 15) is 9.59 Å². The summed E-state index contributed by atoms with van der Waals surface area (Å²) < 4.78 is 0. The molecular formula is C25H28N4O2. The van der Waals surface area contributed by atoms with Crippen molar-refractivity contribution in [3.8, 4) is 0 Å². The largest absolute Gasteiger partial charge is 0.349 e. The van der Waals surface area contributed by atoms with E-state index < -0.39 is 0 Å². The number of anilines is 1. The first-order chi connectivity index (χ1) is 15.1. The number of hydrogen-bond donors (Lipinski definition) is 3. The summed E-state index contributed by atoms with van der Waals surface area (Å²) >= 11 is 0. The summed E-state index contributed by atoms with van der Waals surface area (Å²) in [5, 5.41) is 9.13. The number of nitrogens with one attached hydrogen (secondary N) is 3. The zero-order valence-electron chi connectivity index (χ0n) is 17.8. The Balaban J connectivity index is 1.36. The van der Waals surface area contributed by atoms with Gasteiger partial charge in [0.1, 0.15) is 0 Å². The summed E-state index contributed by atoms with van der Waals surface area (Å²) in [6.45, 7) is 2.91. The van der Waals surface area contributed by atoms with Crippen LogP contribution in [0.2, 0.25) is 0 Å². The number of carbonyl (C=O) groups is 2. The Labute approximate surface area is 182 Å². The molecule has 0 spiro atoms. The van der Waals surface area contributed by atoms with Crippen LogP contribution in [-0.4, -0.2) is 30.7 Å². The highest BCUT2D eigenvalue weighted by Gasteiger charge is 2.25. The zero-order valence-corrected chi connectivity index (χ0v) is 17.8. The molecule has 4 rings (SSSR count). The molecule has 0 aliphatic carbocycles. The van der Waals surface area contributed by atoms with Crippen molar-refractivity contribution in [3.05, 3.63) is 77.0 Å². The second kappa shape index (κ2) is 9.60. The molecular weight excluding hydrogens is 388 g/mol. The Bertz CT molecular complexity index is 1030. The minimum atomic E-state index is -0.272. The van der Waals surface area contributed by atoms with Crippen molar-refractivity contribution in [3.63, 3.8) is 0 Å². The van der Waals surface area contributed by atoms with Crippen LogP contribution in [0.15, 0.2) is 70.9 Å². The molecule has 2 aromatic rings. The van der Waals surface area contributed by atoms with Gasteiger partial charge in [-0.25, -0.2) is 0 Å². The Morgan fingerprint density at radius 3 is 2.68 bits per heavy atom. The smallest absolute Gasteiger partial charge is 0.286 e. The monoisotopic (exact) mass is 416 g/mol. The minimum Gasteiger partial charge on any atom is -0.349 e. The lowest BCUT2D eigenvalue weighted by Gasteiger charge is -2.22. The van der Waals surface area contributed by atoms with Crippen LogP contribution in [0, 0.1) is 5.92 Å². The number of aliphatic imine (C=N–C) groups is 1. The van der Waals surface area contributed by atoms with E-state index in [2.05, 4.69) is 40.0 Å².